The molecule has 2 unspecified atom stereocenters. The molecule has 1 saturated heterocycles. The Morgan fingerprint density at radius 1 is 1.00 bits per heavy atom. The Balaban J connectivity index is 1.68. The summed E-state index contributed by atoms with van der Waals surface area (Å²) < 4.78 is 0. The van der Waals surface area contributed by atoms with Crippen molar-refractivity contribution in [3.05, 3.63) is 0 Å². The van der Waals surface area contributed by atoms with Crippen molar-refractivity contribution in [2.75, 3.05) is 6.54 Å². The summed E-state index contributed by atoms with van der Waals surface area (Å²) >= 11 is 0. The highest BCUT2D eigenvalue weighted by Gasteiger charge is 2.62. The Bertz CT molecular complexity index is 391. The predicted molar refractivity (Wildman–Crippen MR) is 80.0 cm³/mol. The molecule has 2 bridgehead atoms. The fourth-order valence-electron chi connectivity index (χ4n) is 6.87. The van der Waals surface area contributed by atoms with Crippen LogP contribution in [0.2, 0.25) is 0 Å². The van der Waals surface area contributed by atoms with Gasteiger partial charge in [-0.25, -0.2) is 0 Å². The van der Waals surface area contributed by atoms with Crippen molar-refractivity contribution in [2.24, 2.45) is 28.6 Å². The standard InChI is InChI=1S/C18H31N/c1-13-4-8-17(3)14(10-13)5-9-18-11-16(2,19-12-18)7-6-15(17)18/h13-15,19H,4-12H2,1-3H3/t13-,14?,15?,16-,17+,18+/m0/s1. The fraction of sp³-hybridized carbons (Fsp3) is 1.00. The third-order valence-corrected chi connectivity index (χ3v) is 7.92. The minimum absolute atomic E-state index is 0.488. The van der Waals surface area contributed by atoms with Gasteiger partial charge >= 0.3 is 0 Å². The van der Waals surface area contributed by atoms with Crippen LogP contribution in [0.1, 0.15) is 72.1 Å². The van der Waals surface area contributed by atoms with Crippen molar-refractivity contribution in [3.8, 4) is 0 Å². The van der Waals surface area contributed by atoms with Crippen molar-refractivity contribution in [1.82, 2.24) is 5.32 Å². The Morgan fingerprint density at radius 3 is 2.68 bits per heavy atom. The molecule has 1 N–H and O–H groups in total. The molecule has 6 atom stereocenters. The molecule has 0 amide bonds. The van der Waals surface area contributed by atoms with Gasteiger partial charge in [0.25, 0.3) is 0 Å². The van der Waals surface area contributed by atoms with E-state index in [4.69, 9.17) is 0 Å². The average molecular weight is 261 g/mol. The minimum atomic E-state index is 0.488. The smallest absolute Gasteiger partial charge is 0.0159 e. The van der Waals surface area contributed by atoms with E-state index in [1.807, 2.05) is 0 Å². The molecule has 1 aliphatic heterocycles. The van der Waals surface area contributed by atoms with Crippen LogP contribution in [0.4, 0.5) is 0 Å². The summed E-state index contributed by atoms with van der Waals surface area (Å²) in [5.41, 5.74) is 1.85. The molecule has 3 aliphatic carbocycles. The van der Waals surface area contributed by atoms with Crippen molar-refractivity contribution in [1.29, 1.82) is 0 Å². The third-order valence-electron chi connectivity index (χ3n) is 7.92. The third kappa shape index (κ3) is 1.63. The summed E-state index contributed by atoms with van der Waals surface area (Å²) in [6.45, 7) is 8.97. The molecule has 1 heteroatoms. The van der Waals surface area contributed by atoms with Crippen molar-refractivity contribution < 1.29 is 0 Å². The summed E-state index contributed by atoms with van der Waals surface area (Å²) in [5.74, 6) is 3.05. The maximum atomic E-state index is 3.91. The quantitative estimate of drug-likeness (QED) is 0.682. The molecule has 0 aromatic heterocycles. The van der Waals surface area contributed by atoms with E-state index in [2.05, 4.69) is 26.1 Å². The van der Waals surface area contributed by atoms with Gasteiger partial charge in [0, 0.05) is 12.1 Å². The van der Waals surface area contributed by atoms with Gasteiger partial charge in [-0.2, -0.15) is 0 Å². The highest BCUT2D eigenvalue weighted by molar-refractivity contribution is 5.15. The second kappa shape index (κ2) is 3.78. The molecule has 3 saturated carbocycles. The number of hydrogen-bond acceptors (Lipinski definition) is 1. The van der Waals surface area contributed by atoms with Crippen LogP contribution in [-0.4, -0.2) is 12.1 Å². The Labute approximate surface area is 118 Å². The molecule has 108 valence electrons. The summed E-state index contributed by atoms with van der Waals surface area (Å²) in [7, 11) is 0. The molecule has 1 spiro atoms. The molecule has 1 heterocycles. The number of hydrogen-bond donors (Lipinski definition) is 1. The van der Waals surface area contributed by atoms with Crippen molar-refractivity contribution >= 4 is 0 Å². The van der Waals surface area contributed by atoms with Crippen molar-refractivity contribution in [3.63, 3.8) is 0 Å². The zero-order valence-electron chi connectivity index (χ0n) is 13.1. The topological polar surface area (TPSA) is 12.0 Å². The maximum Gasteiger partial charge on any atom is 0.0159 e. The van der Waals surface area contributed by atoms with E-state index < -0.39 is 0 Å². The van der Waals surface area contributed by atoms with Gasteiger partial charge in [0.2, 0.25) is 0 Å². The van der Waals surface area contributed by atoms with Gasteiger partial charge in [-0.15, -0.1) is 0 Å². The first-order valence-electron chi connectivity index (χ1n) is 8.71. The molecular weight excluding hydrogens is 230 g/mol. The molecule has 19 heavy (non-hydrogen) atoms. The van der Waals surface area contributed by atoms with Gasteiger partial charge in [-0.1, -0.05) is 20.3 Å². The summed E-state index contributed by atoms with van der Waals surface area (Å²) in [5, 5.41) is 3.91. The van der Waals surface area contributed by atoms with E-state index in [1.54, 1.807) is 0 Å². The number of nitrogens with one attached hydrogen (secondary N) is 1. The molecule has 0 aromatic carbocycles. The molecule has 0 radical (unpaired) electrons. The molecule has 4 rings (SSSR count). The van der Waals surface area contributed by atoms with E-state index in [1.165, 1.54) is 57.9 Å². The first-order chi connectivity index (χ1) is 8.96. The van der Waals surface area contributed by atoms with Crippen LogP contribution in [0, 0.1) is 28.6 Å². The van der Waals surface area contributed by atoms with Gasteiger partial charge in [0.05, 0.1) is 0 Å². The minimum Gasteiger partial charge on any atom is -0.311 e. The van der Waals surface area contributed by atoms with Crippen LogP contribution >= 0.6 is 0 Å². The van der Waals surface area contributed by atoms with E-state index in [9.17, 15) is 0 Å². The predicted octanol–water partition coefficient (Wildman–Crippen LogP) is 4.37. The number of rotatable bonds is 0. The molecule has 4 fully saturated rings. The van der Waals surface area contributed by atoms with Gasteiger partial charge in [-0.3, -0.25) is 0 Å². The monoisotopic (exact) mass is 261 g/mol. The molecule has 1 nitrogen and oxygen atoms in total. The van der Waals surface area contributed by atoms with Crippen LogP contribution in [0.15, 0.2) is 0 Å². The normalized spacial score (nSPS) is 60.5. The first-order valence-corrected chi connectivity index (χ1v) is 8.71. The second-order valence-corrected chi connectivity index (χ2v) is 9.17. The molecule has 0 aromatic rings. The van der Waals surface area contributed by atoms with Gasteiger partial charge in [0.15, 0.2) is 0 Å². The first kappa shape index (κ1) is 12.7. The molecular formula is C18H31N. The number of fused-ring (bicyclic) bond motifs is 3. The average Bonchev–Trinajstić information content (AvgIpc) is 2.62. The van der Waals surface area contributed by atoms with Gasteiger partial charge < -0.3 is 5.32 Å². The lowest BCUT2D eigenvalue weighted by Gasteiger charge is -2.61. The SMILES string of the molecule is C[C@H]1CC[C@]2(C)C(CC[C@@]34CN[C@@](C)(CCC32)C4)C1. The van der Waals surface area contributed by atoms with Crippen LogP contribution in [0.25, 0.3) is 0 Å². The van der Waals surface area contributed by atoms with Crippen molar-refractivity contribution in [2.45, 2.75) is 77.7 Å². The van der Waals surface area contributed by atoms with Gasteiger partial charge in [0.1, 0.15) is 0 Å². The Hall–Kier alpha value is -0.0400. The highest BCUT2D eigenvalue weighted by Crippen LogP contribution is 2.67. The Kier molecular flexibility index (Phi) is 2.52. The molecule has 4 aliphatic rings. The largest absolute Gasteiger partial charge is 0.311 e. The zero-order chi connectivity index (χ0) is 13.3. The lowest BCUT2D eigenvalue weighted by molar-refractivity contribution is -0.107. The zero-order valence-corrected chi connectivity index (χ0v) is 13.1. The van der Waals surface area contributed by atoms with E-state index in [0.29, 0.717) is 16.4 Å². The van der Waals surface area contributed by atoms with Gasteiger partial charge in [-0.05, 0) is 80.5 Å². The lowest BCUT2D eigenvalue weighted by Crippen LogP contribution is -2.54. The Morgan fingerprint density at radius 2 is 1.84 bits per heavy atom. The fourth-order valence-corrected chi connectivity index (χ4v) is 6.87. The van der Waals surface area contributed by atoms with Crippen LogP contribution in [-0.2, 0) is 0 Å². The highest BCUT2D eigenvalue weighted by atomic mass is 15.0. The van der Waals surface area contributed by atoms with E-state index >= 15 is 0 Å². The lowest BCUT2D eigenvalue weighted by atomic mass is 9.43. The van der Waals surface area contributed by atoms with Crippen LogP contribution in [0.3, 0.4) is 0 Å². The summed E-state index contributed by atoms with van der Waals surface area (Å²) in [6, 6.07) is 0. The van der Waals surface area contributed by atoms with Crippen LogP contribution < -0.4 is 5.32 Å². The van der Waals surface area contributed by atoms with E-state index in [-0.39, 0.29) is 0 Å². The maximum absolute atomic E-state index is 3.91. The van der Waals surface area contributed by atoms with Crippen LogP contribution in [0.5, 0.6) is 0 Å². The second-order valence-electron chi connectivity index (χ2n) is 9.17. The summed E-state index contributed by atoms with van der Waals surface area (Å²) in [6.07, 6.45) is 12.0. The summed E-state index contributed by atoms with van der Waals surface area (Å²) in [4.78, 5) is 0. The van der Waals surface area contributed by atoms with E-state index in [0.717, 1.165) is 17.8 Å².